The summed E-state index contributed by atoms with van der Waals surface area (Å²) in [6.45, 7) is 13.6. The minimum Gasteiger partial charge on any atom is -0.480 e. The molecule has 5 N–H and O–H groups in total. The Morgan fingerprint density at radius 3 is 1.98 bits per heavy atom. The molecular weight excluding hydrogens is 720 g/mol. The molecule has 0 bridgehead atoms. The highest BCUT2D eigenvalue weighted by atomic mass is 16.5. The van der Waals surface area contributed by atoms with Crippen molar-refractivity contribution in [1.82, 2.24) is 25.3 Å². The number of nitrogens with zero attached hydrogens (tertiary/aromatic N) is 3. The number of hydrogen-bond donors (Lipinski definition) is 4. The molecule has 1 saturated heterocycles. The van der Waals surface area contributed by atoms with Gasteiger partial charge in [-0.2, -0.15) is 0 Å². The van der Waals surface area contributed by atoms with E-state index in [0.29, 0.717) is 24.1 Å². The van der Waals surface area contributed by atoms with Gasteiger partial charge in [0.25, 0.3) is 0 Å². The normalized spacial score (nSPS) is 20.2. The van der Waals surface area contributed by atoms with Crippen molar-refractivity contribution in [3.05, 3.63) is 29.8 Å². The zero-order valence-electron chi connectivity index (χ0n) is 35.9. The number of anilines is 1. The Bertz CT molecular complexity index is 1430. The highest BCUT2D eigenvalue weighted by molar-refractivity contribution is 5.90. The monoisotopic (exact) mass is 791 g/mol. The summed E-state index contributed by atoms with van der Waals surface area (Å²) in [7, 11) is 9.91. The van der Waals surface area contributed by atoms with Crippen molar-refractivity contribution in [2.24, 2.45) is 23.7 Å². The lowest BCUT2D eigenvalue weighted by Crippen LogP contribution is -2.59. The van der Waals surface area contributed by atoms with Gasteiger partial charge in [0.15, 0.2) is 0 Å². The number of likely N-dealkylation sites (tertiary alicyclic amines) is 1. The highest BCUT2D eigenvalue weighted by Gasteiger charge is 2.46. The Hall–Kier alpha value is -3.79. The number of carbonyl (C=O) groups is 5. The molecule has 0 aliphatic carbocycles. The standard InChI is InChI=1S/C41H70N6O9/c1-14-25(6)36(46(10)40(51)34(23(2)3)44-39(50)35(24(4)5)45(8)9)32(55-12)21-33(48)47-22-29(54-11)20-31(47)37(56-13)26(7)38(49)43-30(41(52)53)19-27-15-17-28(42)18-16-27/h15-18,23-26,29-32,34-37H,14,19-22,42H2,1-13H3,(H,43,49)(H,44,50)(H,52,53)/t25-,26+,29+,30-,31-,32+,34-,35-,36-,37+/m0/s1. The second-order valence-electron chi connectivity index (χ2n) is 16.2. The third-order valence-electron chi connectivity index (χ3n) is 11.3. The number of nitrogens with two attached hydrogens (primary N) is 1. The lowest BCUT2D eigenvalue weighted by atomic mass is 9.89. The maximum Gasteiger partial charge on any atom is 0.326 e. The van der Waals surface area contributed by atoms with Crippen molar-refractivity contribution in [2.45, 2.75) is 123 Å². The Morgan fingerprint density at radius 1 is 0.911 bits per heavy atom. The fourth-order valence-electron chi connectivity index (χ4n) is 7.96. The largest absolute Gasteiger partial charge is 0.480 e. The number of methoxy groups -OCH3 is 3. The number of nitrogen functional groups attached to an aromatic ring is 1. The molecule has 15 heteroatoms. The number of hydrogen-bond acceptors (Lipinski definition) is 10. The summed E-state index contributed by atoms with van der Waals surface area (Å²) in [5.41, 5.74) is 7.02. The number of carbonyl (C=O) groups excluding carboxylic acids is 4. The summed E-state index contributed by atoms with van der Waals surface area (Å²) in [4.78, 5) is 73.0. The van der Waals surface area contributed by atoms with Gasteiger partial charge in [0, 0.05) is 47.0 Å². The van der Waals surface area contributed by atoms with Crippen LogP contribution in [-0.2, 0) is 44.6 Å². The summed E-state index contributed by atoms with van der Waals surface area (Å²) in [6, 6.07) is 3.24. The van der Waals surface area contributed by atoms with E-state index < -0.39 is 60.2 Å². The second kappa shape index (κ2) is 22.2. The number of rotatable bonds is 22. The van der Waals surface area contributed by atoms with Crippen molar-refractivity contribution in [1.29, 1.82) is 0 Å². The van der Waals surface area contributed by atoms with E-state index >= 15 is 0 Å². The van der Waals surface area contributed by atoms with Crippen molar-refractivity contribution in [3.63, 3.8) is 0 Å². The van der Waals surface area contributed by atoms with Gasteiger partial charge in [-0.25, -0.2) is 4.79 Å². The number of carboxylic acids is 1. The fraction of sp³-hybridized carbons (Fsp3) is 0.732. The molecule has 1 aromatic carbocycles. The van der Waals surface area contributed by atoms with Crippen LogP contribution in [0.15, 0.2) is 24.3 Å². The first-order chi connectivity index (χ1) is 26.2. The van der Waals surface area contributed by atoms with Crippen LogP contribution < -0.4 is 16.4 Å². The van der Waals surface area contributed by atoms with Gasteiger partial charge in [-0.15, -0.1) is 0 Å². The molecule has 0 unspecified atom stereocenters. The van der Waals surface area contributed by atoms with Crippen LogP contribution >= 0.6 is 0 Å². The third-order valence-corrected chi connectivity index (χ3v) is 11.3. The van der Waals surface area contributed by atoms with Crippen LogP contribution in [0.4, 0.5) is 5.69 Å². The molecule has 0 saturated carbocycles. The first-order valence-corrected chi connectivity index (χ1v) is 19.7. The number of carboxylic acid groups (broad SMARTS) is 1. The zero-order valence-corrected chi connectivity index (χ0v) is 35.9. The van der Waals surface area contributed by atoms with Gasteiger partial charge >= 0.3 is 5.97 Å². The molecular formula is C41H70N6O9. The quantitative estimate of drug-likeness (QED) is 0.126. The summed E-state index contributed by atoms with van der Waals surface area (Å²) in [5.74, 6) is -3.61. The number of aliphatic carboxylic acids is 1. The Labute approximate surface area is 334 Å². The molecule has 2 rings (SSSR count). The average Bonchev–Trinajstić information content (AvgIpc) is 3.57. The maximum absolute atomic E-state index is 14.4. The Morgan fingerprint density at radius 2 is 1.52 bits per heavy atom. The SMILES string of the molecule is CC[C@H](C)[C@@H]([C@@H](CC(=O)N1C[C@H](OC)C[C@H]1[C@H](OC)[C@@H](C)C(=O)N[C@@H](Cc1ccc(N)cc1)C(=O)O)OC)N(C)C(=O)[C@@H](NC(=O)[C@H](C(C)C)N(C)C)C(C)C. The maximum atomic E-state index is 14.4. The van der Waals surface area contributed by atoms with E-state index in [1.54, 1.807) is 55.1 Å². The minimum atomic E-state index is -1.20. The van der Waals surface area contributed by atoms with Crippen LogP contribution in [0.5, 0.6) is 0 Å². The summed E-state index contributed by atoms with van der Waals surface area (Å²) >= 11 is 0. The number of nitrogens with one attached hydrogen (secondary N) is 2. The topological polar surface area (TPSA) is 193 Å². The summed E-state index contributed by atoms with van der Waals surface area (Å²) in [5, 5.41) is 15.6. The first-order valence-electron chi connectivity index (χ1n) is 19.7. The molecule has 10 atom stereocenters. The zero-order chi connectivity index (χ0) is 42.6. The van der Waals surface area contributed by atoms with Crippen molar-refractivity contribution >= 4 is 35.3 Å². The number of benzene rings is 1. The molecule has 1 heterocycles. The molecule has 4 amide bonds. The molecule has 1 aliphatic rings. The molecule has 318 valence electrons. The number of likely N-dealkylation sites (N-methyl/N-ethyl adjacent to an activating group) is 2. The fourth-order valence-corrected chi connectivity index (χ4v) is 7.96. The summed E-state index contributed by atoms with van der Waals surface area (Å²) < 4.78 is 17.6. The van der Waals surface area contributed by atoms with E-state index in [1.165, 1.54) is 14.2 Å². The van der Waals surface area contributed by atoms with Crippen LogP contribution in [0.2, 0.25) is 0 Å². The van der Waals surface area contributed by atoms with E-state index in [-0.39, 0.29) is 61.0 Å². The molecule has 15 nitrogen and oxygen atoms in total. The smallest absolute Gasteiger partial charge is 0.326 e. The van der Waals surface area contributed by atoms with E-state index in [1.807, 2.05) is 60.5 Å². The predicted octanol–water partition coefficient (Wildman–Crippen LogP) is 2.65. The molecule has 0 radical (unpaired) electrons. The number of ether oxygens (including phenoxy) is 3. The van der Waals surface area contributed by atoms with E-state index in [2.05, 4.69) is 10.6 Å². The van der Waals surface area contributed by atoms with Gasteiger partial charge in [-0.3, -0.25) is 24.1 Å². The van der Waals surface area contributed by atoms with Gasteiger partial charge in [-0.05, 0) is 56.0 Å². The van der Waals surface area contributed by atoms with Crippen LogP contribution in [-0.4, -0.2) is 147 Å². The van der Waals surface area contributed by atoms with Crippen LogP contribution in [0.25, 0.3) is 0 Å². The van der Waals surface area contributed by atoms with Crippen LogP contribution in [0.1, 0.15) is 73.3 Å². The molecule has 0 spiro atoms. The predicted molar refractivity (Wildman–Crippen MR) is 216 cm³/mol. The third kappa shape index (κ3) is 12.6. The molecule has 1 aromatic rings. The summed E-state index contributed by atoms with van der Waals surface area (Å²) in [6.07, 6.45) is -0.797. The molecule has 56 heavy (non-hydrogen) atoms. The van der Waals surface area contributed by atoms with Crippen molar-refractivity contribution in [2.75, 3.05) is 54.8 Å². The van der Waals surface area contributed by atoms with Gasteiger partial charge < -0.3 is 45.5 Å². The van der Waals surface area contributed by atoms with Crippen molar-refractivity contribution < 1.29 is 43.3 Å². The lowest BCUT2D eigenvalue weighted by Gasteiger charge is -2.41. The highest BCUT2D eigenvalue weighted by Crippen LogP contribution is 2.31. The molecule has 1 aliphatic heterocycles. The van der Waals surface area contributed by atoms with Gasteiger partial charge in [0.05, 0.1) is 48.8 Å². The average molecular weight is 791 g/mol. The Kier molecular flexibility index (Phi) is 19.2. The van der Waals surface area contributed by atoms with Gasteiger partial charge in [0.1, 0.15) is 12.1 Å². The lowest BCUT2D eigenvalue weighted by molar-refractivity contribution is -0.148. The molecule has 0 aromatic heterocycles. The van der Waals surface area contributed by atoms with Crippen LogP contribution in [0, 0.1) is 23.7 Å². The van der Waals surface area contributed by atoms with Crippen molar-refractivity contribution in [3.8, 4) is 0 Å². The first kappa shape index (κ1) is 48.4. The Balaban J connectivity index is 2.35. The number of amides is 4. The van der Waals surface area contributed by atoms with Gasteiger partial charge in [0.2, 0.25) is 23.6 Å². The van der Waals surface area contributed by atoms with E-state index in [9.17, 15) is 29.1 Å². The second-order valence-corrected chi connectivity index (χ2v) is 16.2. The molecule has 1 fully saturated rings. The van der Waals surface area contributed by atoms with E-state index in [4.69, 9.17) is 19.9 Å². The van der Waals surface area contributed by atoms with E-state index in [0.717, 1.165) is 0 Å². The minimum absolute atomic E-state index is 0.0200. The van der Waals surface area contributed by atoms with Crippen LogP contribution in [0.3, 0.4) is 0 Å². The van der Waals surface area contributed by atoms with Gasteiger partial charge in [-0.1, -0.05) is 67.0 Å².